The van der Waals surface area contributed by atoms with Gasteiger partial charge in [0.25, 0.3) is 0 Å². The second-order valence-electron chi connectivity index (χ2n) is 6.57. The molecule has 2 aromatic rings. The van der Waals surface area contributed by atoms with Gasteiger partial charge in [-0.3, -0.25) is 10.1 Å². The van der Waals surface area contributed by atoms with E-state index in [9.17, 15) is 14.9 Å². The lowest BCUT2D eigenvalue weighted by Gasteiger charge is -2.19. The molecule has 7 nitrogen and oxygen atoms in total. The Morgan fingerprint density at radius 3 is 2.40 bits per heavy atom. The zero-order valence-corrected chi connectivity index (χ0v) is 14.5. The maximum atomic E-state index is 11.9. The van der Waals surface area contributed by atoms with Crippen LogP contribution in [0.3, 0.4) is 0 Å². The van der Waals surface area contributed by atoms with E-state index >= 15 is 0 Å². The zero-order chi connectivity index (χ0) is 18.6. The molecule has 25 heavy (non-hydrogen) atoms. The van der Waals surface area contributed by atoms with Gasteiger partial charge in [-0.25, -0.2) is 4.79 Å². The number of nitro groups is 1. The summed E-state index contributed by atoms with van der Waals surface area (Å²) in [4.78, 5) is 22.5. The number of hydrogen-bond acceptors (Lipinski definition) is 5. The highest BCUT2D eigenvalue weighted by molar-refractivity contribution is 5.73. The van der Waals surface area contributed by atoms with Gasteiger partial charge < -0.3 is 14.8 Å². The second-order valence-corrected chi connectivity index (χ2v) is 6.57. The van der Waals surface area contributed by atoms with Crippen LogP contribution in [-0.4, -0.2) is 16.6 Å². The fourth-order valence-electron chi connectivity index (χ4n) is 2.04. The summed E-state index contributed by atoms with van der Waals surface area (Å²) in [7, 11) is 0. The van der Waals surface area contributed by atoms with Crippen LogP contribution in [0.1, 0.15) is 26.3 Å². The Kier molecular flexibility index (Phi) is 5.26. The Morgan fingerprint density at radius 2 is 1.80 bits per heavy atom. The van der Waals surface area contributed by atoms with Gasteiger partial charge >= 0.3 is 11.8 Å². The van der Waals surface area contributed by atoms with Crippen molar-refractivity contribution in [3.05, 3.63) is 58.1 Å². The van der Waals surface area contributed by atoms with E-state index in [0.29, 0.717) is 11.5 Å². The van der Waals surface area contributed by atoms with Crippen molar-refractivity contribution in [1.82, 2.24) is 5.32 Å². The fourth-order valence-corrected chi connectivity index (χ4v) is 2.04. The summed E-state index contributed by atoms with van der Waals surface area (Å²) in [6.07, 6.45) is -0.775. The van der Waals surface area contributed by atoms with Crippen molar-refractivity contribution in [3.63, 3.8) is 0 Å². The Balaban J connectivity index is 2.26. The van der Waals surface area contributed by atoms with Gasteiger partial charge in [0.15, 0.2) is 0 Å². The molecule has 132 valence electrons. The smallest absolute Gasteiger partial charge is 0.413 e. The highest BCUT2D eigenvalue weighted by Gasteiger charge is 2.22. The lowest BCUT2D eigenvalue weighted by Crippen LogP contribution is -2.42. The summed E-state index contributed by atoms with van der Waals surface area (Å²) >= 11 is 0. The molecule has 0 saturated heterocycles. The Bertz CT molecular complexity index is 796. The van der Waals surface area contributed by atoms with Gasteiger partial charge in [0, 0.05) is 17.7 Å². The topological polar surface area (TPSA) is 90.7 Å². The maximum absolute atomic E-state index is 11.9. The van der Waals surface area contributed by atoms with Gasteiger partial charge in [-0.15, -0.1) is 0 Å². The molecule has 0 spiro atoms. The third-order valence-electron chi connectivity index (χ3n) is 3.03. The van der Waals surface area contributed by atoms with Crippen LogP contribution < -0.4 is 14.8 Å². The van der Waals surface area contributed by atoms with Crippen molar-refractivity contribution in [2.24, 2.45) is 0 Å². The van der Waals surface area contributed by atoms with Crippen LogP contribution >= 0.6 is 0 Å². The predicted octanol–water partition coefficient (Wildman–Crippen LogP) is 4.58. The third kappa shape index (κ3) is 5.49. The van der Waals surface area contributed by atoms with Crippen LogP contribution in [0.2, 0.25) is 0 Å². The molecule has 2 rings (SSSR count). The molecule has 0 radical (unpaired) electrons. The number of nitro benzene ring substituents is 1. The predicted molar refractivity (Wildman–Crippen MR) is 93.3 cm³/mol. The molecule has 0 unspecified atom stereocenters. The summed E-state index contributed by atoms with van der Waals surface area (Å²) in [6.45, 7) is 7.26. The quantitative estimate of drug-likeness (QED) is 0.647. The first-order chi connectivity index (χ1) is 11.6. The van der Waals surface area contributed by atoms with Gasteiger partial charge in [0.1, 0.15) is 11.5 Å². The van der Waals surface area contributed by atoms with Crippen molar-refractivity contribution in [2.45, 2.75) is 33.2 Å². The average molecular weight is 344 g/mol. The summed E-state index contributed by atoms with van der Waals surface area (Å²) in [5.74, 6) is 0.727. The van der Waals surface area contributed by atoms with Gasteiger partial charge in [0.05, 0.1) is 4.92 Å². The number of hydrogen-bond donors (Lipinski definition) is 1. The molecule has 7 heteroatoms. The van der Waals surface area contributed by atoms with Gasteiger partial charge in [-0.2, -0.15) is 0 Å². The van der Waals surface area contributed by atoms with Crippen LogP contribution in [-0.2, 0) is 0 Å². The van der Waals surface area contributed by atoms with E-state index in [1.165, 1.54) is 18.2 Å². The number of nitrogens with one attached hydrogen (secondary N) is 1. The van der Waals surface area contributed by atoms with Crippen molar-refractivity contribution in [3.8, 4) is 17.2 Å². The normalized spacial score (nSPS) is 10.9. The molecule has 1 N–H and O–H groups in total. The van der Waals surface area contributed by atoms with Crippen molar-refractivity contribution < 1.29 is 19.2 Å². The molecule has 0 heterocycles. The minimum absolute atomic E-state index is 0.183. The van der Waals surface area contributed by atoms with E-state index in [1.54, 1.807) is 26.8 Å². The largest absolute Gasteiger partial charge is 0.457 e. The minimum Gasteiger partial charge on any atom is -0.457 e. The molecule has 0 atom stereocenters. The minimum atomic E-state index is -0.775. The molecule has 0 bridgehead atoms. The molecule has 0 fully saturated rings. The molecule has 0 saturated carbocycles. The number of rotatable bonds is 4. The first kappa shape index (κ1) is 18.3. The zero-order valence-electron chi connectivity index (χ0n) is 14.5. The number of amides is 1. The standard InChI is InChI=1S/C18H20N2O5/c1-12-6-5-7-13(10-12)24-14-8-9-15(20(22)23)16(11-14)25-17(21)19-18(2,3)4/h5-11H,1-4H3,(H,19,21). The molecule has 1 amide bonds. The molecule has 2 aromatic carbocycles. The number of carbonyl (C=O) groups is 1. The van der Waals surface area contributed by atoms with E-state index in [1.807, 2.05) is 25.1 Å². The van der Waals surface area contributed by atoms with Crippen LogP contribution in [0.5, 0.6) is 17.2 Å². The van der Waals surface area contributed by atoms with Gasteiger partial charge in [-0.05, 0) is 51.5 Å². The molecular formula is C18H20N2O5. The first-order valence-corrected chi connectivity index (χ1v) is 7.67. The first-order valence-electron chi connectivity index (χ1n) is 7.67. The Hall–Kier alpha value is -3.09. The summed E-state index contributed by atoms with van der Waals surface area (Å²) in [6, 6.07) is 11.4. The van der Waals surface area contributed by atoms with E-state index in [4.69, 9.17) is 9.47 Å². The fraction of sp³-hybridized carbons (Fsp3) is 0.278. The summed E-state index contributed by atoms with van der Waals surface area (Å²) < 4.78 is 10.8. The Labute approximate surface area is 145 Å². The van der Waals surface area contributed by atoms with E-state index in [0.717, 1.165) is 5.56 Å². The molecule has 0 aliphatic rings. The van der Waals surface area contributed by atoms with Crippen molar-refractivity contribution >= 4 is 11.8 Å². The van der Waals surface area contributed by atoms with E-state index < -0.39 is 16.6 Å². The summed E-state index contributed by atoms with van der Waals surface area (Å²) in [5.41, 5.74) is 0.169. The third-order valence-corrected chi connectivity index (χ3v) is 3.03. The van der Waals surface area contributed by atoms with E-state index in [2.05, 4.69) is 5.32 Å². The van der Waals surface area contributed by atoms with Crippen LogP contribution in [0.25, 0.3) is 0 Å². The van der Waals surface area contributed by atoms with Crippen LogP contribution in [0.15, 0.2) is 42.5 Å². The average Bonchev–Trinajstić information content (AvgIpc) is 2.45. The summed E-state index contributed by atoms with van der Waals surface area (Å²) in [5, 5.41) is 13.7. The van der Waals surface area contributed by atoms with Gasteiger partial charge in [-0.1, -0.05) is 12.1 Å². The maximum Gasteiger partial charge on any atom is 0.413 e. The number of aryl methyl sites for hydroxylation is 1. The molecular weight excluding hydrogens is 324 g/mol. The van der Waals surface area contributed by atoms with Gasteiger partial charge in [0.2, 0.25) is 5.75 Å². The van der Waals surface area contributed by atoms with Crippen molar-refractivity contribution in [1.29, 1.82) is 0 Å². The highest BCUT2D eigenvalue weighted by Crippen LogP contribution is 2.33. The van der Waals surface area contributed by atoms with Crippen LogP contribution in [0.4, 0.5) is 10.5 Å². The SMILES string of the molecule is Cc1cccc(Oc2ccc([N+](=O)[O-])c(OC(=O)NC(C)(C)C)c2)c1. The molecule has 0 aliphatic carbocycles. The Morgan fingerprint density at radius 1 is 1.12 bits per heavy atom. The molecule has 0 aromatic heterocycles. The lowest BCUT2D eigenvalue weighted by atomic mass is 10.1. The van der Waals surface area contributed by atoms with Crippen LogP contribution in [0, 0.1) is 17.0 Å². The van der Waals surface area contributed by atoms with Crippen molar-refractivity contribution in [2.75, 3.05) is 0 Å². The number of ether oxygens (including phenoxy) is 2. The number of carbonyl (C=O) groups excluding carboxylic acids is 1. The highest BCUT2D eigenvalue weighted by atomic mass is 16.6. The van der Waals surface area contributed by atoms with E-state index in [-0.39, 0.29) is 11.4 Å². The number of benzene rings is 2. The second kappa shape index (κ2) is 7.21. The lowest BCUT2D eigenvalue weighted by molar-refractivity contribution is -0.385. The molecule has 0 aliphatic heterocycles. The number of nitrogens with zero attached hydrogens (tertiary/aromatic N) is 1. The monoisotopic (exact) mass is 344 g/mol.